The zero-order valence-corrected chi connectivity index (χ0v) is 17.1. The molecule has 0 aliphatic carbocycles. The van der Waals surface area contributed by atoms with Crippen LogP contribution >= 0.6 is 11.3 Å². The molecule has 0 saturated heterocycles. The fourth-order valence-electron chi connectivity index (χ4n) is 2.59. The third kappa shape index (κ3) is 6.87. The van der Waals surface area contributed by atoms with Crippen molar-refractivity contribution in [1.82, 2.24) is 0 Å². The van der Waals surface area contributed by atoms with Crippen LogP contribution in [0.1, 0.15) is 55.5 Å². The van der Waals surface area contributed by atoms with Crippen molar-refractivity contribution in [3.8, 4) is 0 Å². The summed E-state index contributed by atoms with van der Waals surface area (Å²) < 4.78 is 4.90. The number of hydrogen-bond donors (Lipinski definition) is 0. The van der Waals surface area contributed by atoms with E-state index < -0.39 is 0 Å². The minimum Gasteiger partial charge on any atom is -0.463 e. The molecule has 1 aromatic heterocycles. The van der Waals surface area contributed by atoms with Gasteiger partial charge in [0, 0.05) is 15.8 Å². The molecule has 0 aliphatic heterocycles. The van der Waals surface area contributed by atoms with E-state index in [0.29, 0.717) is 6.61 Å². The van der Waals surface area contributed by atoms with E-state index in [1.165, 1.54) is 32.5 Å². The number of ether oxygens (including phenoxy) is 1. The highest BCUT2D eigenvalue weighted by Crippen LogP contribution is 2.30. The van der Waals surface area contributed by atoms with Gasteiger partial charge in [-0.2, -0.15) is 0 Å². The van der Waals surface area contributed by atoms with Gasteiger partial charge in [0.15, 0.2) is 0 Å². The molecule has 3 heteroatoms. The third-order valence-corrected chi connectivity index (χ3v) is 5.17. The first-order chi connectivity index (χ1) is 11.9. The molecule has 0 saturated carbocycles. The summed E-state index contributed by atoms with van der Waals surface area (Å²) in [5.41, 5.74) is 4.91. The Kier molecular flexibility index (Phi) is 9.22. The van der Waals surface area contributed by atoms with E-state index in [1.807, 2.05) is 30.4 Å². The maximum Gasteiger partial charge on any atom is 0.330 e. The van der Waals surface area contributed by atoms with Crippen molar-refractivity contribution >= 4 is 23.4 Å². The minimum absolute atomic E-state index is 0.294. The van der Waals surface area contributed by atoms with Gasteiger partial charge in [-0.1, -0.05) is 49.8 Å². The monoisotopic (exact) mass is 358 g/mol. The van der Waals surface area contributed by atoms with Crippen LogP contribution in [0.5, 0.6) is 0 Å². The Balaban J connectivity index is 2.83. The molecule has 1 aromatic rings. The van der Waals surface area contributed by atoms with E-state index in [4.69, 9.17) is 4.74 Å². The highest BCUT2D eigenvalue weighted by Gasteiger charge is 2.10. The Hall–Kier alpha value is -1.87. The summed E-state index contributed by atoms with van der Waals surface area (Å²) in [5, 5.41) is 0. The molecule has 0 fully saturated rings. The smallest absolute Gasteiger partial charge is 0.330 e. The molecule has 25 heavy (non-hydrogen) atoms. The number of rotatable bonds is 8. The summed E-state index contributed by atoms with van der Waals surface area (Å²) in [7, 11) is 0. The predicted molar refractivity (Wildman–Crippen MR) is 110 cm³/mol. The molecule has 2 nitrogen and oxygen atoms in total. The molecular weight excluding hydrogens is 328 g/mol. The highest BCUT2D eigenvalue weighted by molar-refractivity contribution is 7.12. The van der Waals surface area contributed by atoms with E-state index in [2.05, 4.69) is 45.9 Å². The largest absolute Gasteiger partial charge is 0.463 e. The lowest BCUT2D eigenvalue weighted by molar-refractivity contribution is -0.137. The fourth-order valence-corrected chi connectivity index (χ4v) is 3.79. The SMILES string of the molecule is CCOC(=O)/C=C(\C)C=CC=C(C)C=Cc1c(CC)sc(C)c1CC. The van der Waals surface area contributed by atoms with Gasteiger partial charge < -0.3 is 4.74 Å². The van der Waals surface area contributed by atoms with Crippen molar-refractivity contribution in [3.05, 3.63) is 62.4 Å². The average Bonchev–Trinajstić information content (AvgIpc) is 2.87. The van der Waals surface area contributed by atoms with Crippen molar-refractivity contribution < 1.29 is 9.53 Å². The molecule has 0 unspecified atom stereocenters. The first-order valence-corrected chi connectivity index (χ1v) is 9.73. The van der Waals surface area contributed by atoms with Crippen molar-refractivity contribution in [2.24, 2.45) is 0 Å². The number of thiophene rings is 1. The number of aryl methyl sites for hydroxylation is 2. The molecular formula is C22H30O2S. The van der Waals surface area contributed by atoms with E-state index in [0.717, 1.165) is 18.4 Å². The Bertz CT molecular complexity index is 700. The average molecular weight is 359 g/mol. The molecule has 136 valence electrons. The van der Waals surface area contributed by atoms with Gasteiger partial charge in [-0.05, 0) is 57.2 Å². The Morgan fingerprint density at radius 3 is 2.40 bits per heavy atom. The summed E-state index contributed by atoms with van der Waals surface area (Å²) in [6.45, 7) is 12.8. The van der Waals surface area contributed by atoms with Crippen LogP contribution in [0.15, 0.2) is 41.5 Å². The summed E-state index contributed by atoms with van der Waals surface area (Å²) >= 11 is 1.91. The zero-order chi connectivity index (χ0) is 18.8. The van der Waals surface area contributed by atoms with E-state index >= 15 is 0 Å². The Morgan fingerprint density at radius 1 is 1.08 bits per heavy atom. The quantitative estimate of drug-likeness (QED) is 0.314. The van der Waals surface area contributed by atoms with E-state index in [9.17, 15) is 4.79 Å². The third-order valence-electron chi connectivity index (χ3n) is 3.86. The lowest BCUT2D eigenvalue weighted by Gasteiger charge is -2.00. The normalized spacial score (nSPS) is 13.2. The van der Waals surface area contributed by atoms with Crippen LogP contribution < -0.4 is 0 Å². The minimum atomic E-state index is -0.294. The van der Waals surface area contributed by atoms with Crippen LogP contribution in [-0.2, 0) is 22.4 Å². The number of hydrogen-bond acceptors (Lipinski definition) is 3. The van der Waals surface area contributed by atoms with Crippen molar-refractivity contribution in [1.29, 1.82) is 0 Å². The molecule has 0 bridgehead atoms. The standard InChI is InChI=1S/C22H30O2S/c1-7-19-18(6)25-21(8-2)20(19)14-13-16(4)11-10-12-17(5)15-22(23)24-9-3/h10-15H,7-9H2,1-6H3/b12-10?,14-13?,16-11?,17-15+. The lowest BCUT2D eigenvalue weighted by atomic mass is 10.0. The van der Waals surface area contributed by atoms with Gasteiger partial charge in [-0.15, -0.1) is 11.3 Å². The van der Waals surface area contributed by atoms with E-state index in [1.54, 1.807) is 6.92 Å². The second-order valence-electron chi connectivity index (χ2n) is 5.92. The molecule has 0 amide bonds. The van der Waals surface area contributed by atoms with Crippen molar-refractivity contribution in [2.75, 3.05) is 6.61 Å². The number of carbonyl (C=O) groups excluding carboxylic acids is 1. The van der Waals surface area contributed by atoms with Crippen LogP contribution in [0.3, 0.4) is 0 Å². The molecule has 0 radical (unpaired) electrons. The van der Waals surface area contributed by atoms with Crippen LogP contribution in [0.25, 0.3) is 6.08 Å². The van der Waals surface area contributed by atoms with Crippen LogP contribution in [0, 0.1) is 6.92 Å². The van der Waals surface area contributed by atoms with E-state index in [-0.39, 0.29) is 5.97 Å². The highest BCUT2D eigenvalue weighted by atomic mass is 32.1. The zero-order valence-electron chi connectivity index (χ0n) is 16.3. The number of allylic oxidation sites excluding steroid dienone is 6. The van der Waals surface area contributed by atoms with Gasteiger partial charge in [-0.25, -0.2) is 4.79 Å². The molecule has 0 spiro atoms. The molecule has 1 heterocycles. The first kappa shape index (κ1) is 21.2. The molecule has 1 rings (SSSR count). The van der Waals surface area contributed by atoms with Gasteiger partial charge in [0.1, 0.15) is 0 Å². The molecule has 0 N–H and O–H groups in total. The predicted octanol–water partition coefficient (Wildman–Crippen LogP) is 6.21. The van der Waals surface area contributed by atoms with Gasteiger partial charge >= 0.3 is 5.97 Å². The van der Waals surface area contributed by atoms with Crippen molar-refractivity contribution in [3.63, 3.8) is 0 Å². The second-order valence-corrected chi connectivity index (χ2v) is 7.23. The topological polar surface area (TPSA) is 26.3 Å². The fraction of sp³-hybridized carbons (Fsp3) is 0.409. The lowest BCUT2D eigenvalue weighted by Crippen LogP contribution is -1.99. The first-order valence-electron chi connectivity index (χ1n) is 8.92. The summed E-state index contributed by atoms with van der Waals surface area (Å²) in [5.74, 6) is -0.294. The van der Waals surface area contributed by atoms with Crippen molar-refractivity contribution in [2.45, 2.75) is 54.4 Å². The van der Waals surface area contributed by atoms with Crippen LogP contribution in [0.4, 0.5) is 0 Å². The molecule has 0 atom stereocenters. The Morgan fingerprint density at radius 2 is 1.80 bits per heavy atom. The maximum absolute atomic E-state index is 11.4. The summed E-state index contributed by atoms with van der Waals surface area (Å²) in [6.07, 6.45) is 14.0. The van der Waals surface area contributed by atoms with Gasteiger partial charge in [0.05, 0.1) is 6.61 Å². The summed E-state index contributed by atoms with van der Waals surface area (Å²) in [4.78, 5) is 14.3. The van der Waals surface area contributed by atoms with Gasteiger partial charge in [0.25, 0.3) is 0 Å². The van der Waals surface area contributed by atoms with Gasteiger partial charge in [0.2, 0.25) is 0 Å². The summed E-state index contributed by atoms with van der Waals surface area (Å²) in [6, 6.07) is 0. The van der Waals surface area contributed by atoms with Gasteiger partial charge in [-0.3, -0.25) is 0 Å². The maximum atomic E-state index is 11.4. The number of esters is 1. The van der Waals surface area contributed by atoms with Crippen LogP contribution in [0.2, 0.25) is 0 Å². The van der Waals surface area contributed by atoms with Crippen LogP contribution in [-0.4, -0.2) is 12.6 Å². The second kappa shape index (κ2) is 10.9. The molecule has 0 aliphatic rings. The Labute approximate surface area is 156 Å². The number of carbonyl (C=O) groups is 1. The molecule has 0 aromatic carbocycles.